The summed E-state index contributed by atoms with van der Waals surface area (Å²) in [5, 5.41) is 13.8. The van der Waals surface area contributed by atoms with Crippen molar-refractivity contribution in [3.63, 3.8) is 0 Å². The number of benzene rings is 1. The van der Waals surface area contributed by atoms with Crippen LogP contribution in [0.4, 0.5) is 13.2 Å². The lowest BCUT2D eigenvalue weighted by molar-refractivity contribution is -0.274. The molecule has 1 aliphatic carbocycles. The van der Waals surface area contributed by atoms with E-state index in [1.807, 2.05) is 0 Å². The minimum Gasteiger partial charge on any atom is -0.405 e. The largest absolute Gasteiger partial charge is 0.573 e. The molecule has 1 aromatic rings. The lowest BCUT2D eigenvalue weighted by atomic mass is 9.88. The van der Waals surface area contributed by atoms with E-state index in [4.69, 9.17) is 17.0 Å². The van der Waals surface area contributed by atoms with Gasteiger partial charge < -0.3 is 25.8 Å². The maximum Gasteiger partial charge on any atom is 0.573 e. The van der Waals surface area contributed by atoms with Crippen molar-refractivity contribution in [3.8, 4) is 5.75 Å². The van der Waals surface area contributed by atoms with Gasteiger partial charge in [0.2, 0.25) is 11.8 Å². The van der Waals surface area contributed by atoms with Crippen LogP contribution in [-0.4, -0.2) is 60.7 Å². The molecule has 0 spiro atoms. The third kappa shape index (κ3) is 6.87. The highest BCUT2D eigenvalue weighted by molar-refractivity contribution is 6.33. The molecular weight excluding hydrogens is 499 g/mol. The number of hydrazone groups is 1. The summed E-state index contributed by atoms with van der Waals surface area (Å²) in [7, 11) is 0. The fourth-order valence-corrected chi connectivity index (χ4v) is 4.51. The van der Waals surface area contributed by atoms with Gasteiger partial charge in [0.05, 0.1) is 12.3 Å². The molecule has 1 saturated heterocycles. The predicted molar refractivity (Wildman–Crippen MR) is 131 cm³/mol. The number of nitrogens with one attached hydrogen (secondary N) is 3. The van der Waals surface area contributed by atoms with Crippen molar-refractivity contribution in [1.29, 1.82) is 5.41 Å². The van der Waals surface area contributed by atoms with Gasteiger partial charge >= 0.3 is 6.36 Å². The minimum absolute atomic E-state index is 0.106. The maximum absolute atomic E-state index is 13.1. The summed E-state index contributed by atoms with van der Waals surface area (Å²) in [6.07, 6.45) is 2.63. The molecule has 1 fully saturated rings. The van der Waals surface area contributed by atoms with Crippen molar-refractivity contribution >= 4 is 41.4 Å². The Hall–Kier alpha value is -3.34. The Kier molecular flexibility index (Phi) is 9.14. The molecule has 0 saturated carbocycles. The van der Waals surface area contributed by atoms with Gasteiger partial charge in [-0.3, -0.25) is 9.59 Å². The summed E-state index contributed by atoms with van der Waals surface area (Å²) in [5.74, 6) is -1.42. The van der Waals surface area contributed by atoms with Gasteiger partial charge in [-0.2, -0.15) is 5.10 Å². The minimum atomic E-state index is -4.85. The summed E-state index contributed by atoms with van der Waals surface area (Å²) in [5.41, 5.74) is 3.12. The lowest BCUT2D eigenvalue weighted by Crippen LogP contribution is -2.55. The molecule has 194 valence electrons. The Bertz CT molecular complexity index is 1070. The van der Waals surface area contributed by atoms with Crippen LogP contribution in [0.15, 0.2) is 46.6 Å². The number of hydrogen-bond acceptors (Lipinski definition) is 6. The number of piperidine rings is 1. The number of hydrogen-bond donors (Lipinski definition) is 3. The van der Waals surface area contributed by atoms with Crippen molar-refractivity contribution in [1.82, 2.24) is 15.6 Å². The summed E-state index contributed by atoms with van der Waals surface area (Å²) in [6, 6.07) is 4.55. The van der Waals surface area contributed by atoms with Crippen LogP contribution in [-0.2, 0) is 9.59 Å². The van der Waals surface area contributed by atoms with Crippen LogP contribution in [0.1, 0.15) is 31.7 Å². The van der Waals surface area contributed by atoms with Crippen LogP contribution in [0, 0.1) is 11.3 Å². The first-order valence-corrected chi connectivity index (χ1v) is 11.8. The molecule has 2 unspecified atom stereocenters. The maximum atomic E-state index is 13.1. The molecule has 1 heterocycles. The molecule has 12 heteroatoms. The molecule has 1 aromatic carbocycles. The number of carbonyl (C=O) groups excluding carboxylic acids is 2. The number of rotatable bonds is 8. The first-order chi connectivity index (χ1) is 17.1. The lowest BCUT2D eigenvalue weighted by Gasteiger charge is -2.36. The Morgan fingerprint density at radius 1 is 1.31 bits per heavy atom. The zero-order valence-electron chi connectivity index (χ0n) is 19.5. The molecule has 1 aliphatic heterocycles. The molecule has 2 amide bonds. The van der Waals surface area contributed by atoms with Crippen LogP contribution < -0.4 is 15.5 Å². The van der Waals surface area contributed by atoms with Gasteiger partial charge in [0, 0.05) is 34.8 Å². The Morgan fingerprint density at radius 2 is 2.06 bits per heavy atom. The first kappa shape index (κ1) is 27.3. The van der Waals surface area contributed by atoms with Gasteiger partial charge in [-0.1, -0.05) is 48.9 Å². The summed E-state index contributed by atoms with van der Waals surface area (Å²) in [6.45, 7) is 2.09. The number of halogens is 4. The van der Waals surface area contributed by atoms with Crippen LogP contribution in [0.5, 0.6) is 5.75 Å². The van der Waals surface area contributed by atoms with Crippen molar-refractivity contribution < 1.29 is 27.5 Å². The topological polar surface area (TPSA) is 107 Å². The third-order valence-corrected chi connectivity index (χ3v) is 6.52. The molecule has 0 radical (unpaired) electrons. The van der Waals surface area contributed by atoms with Crippen LogP contribution in [0.25, 0.3) is 5.57 Å². The fourth-order valence-electron chi connectivity index (χ4n) is 4.21. The normalized spacial score (nSPS) is 22.5. The van der Waals surface area contributed by atoms with Crippen molar-refractivity contribution in [2.75, 3.05) is 13.1 Å². The smallest absolute Gasteiger partial charge is 0.405 e. The van der Waals surface area contributed by atoms with E-state index in [-0.39, 0.29) is 34.7 Å². The van der Waals surface area contributed by atoms with E-state index in [2.05, 4.69) is 20.6 Å². The van der Waals surface area contributed by atoms with E-state index in [0.29, 0.717) is 18.5 Å². The highest BCUT2D eigenvalue weighted by Gasteiger charge is 2.36. The van der Waals surface area contributed by atoms with Crippen LogP contribution in [0.2, 0.25) is 0 Å². The average molecular weight is 526 g/mol. The Balaban J connectivity index is 1.71. The number of alkyl halides is 3. The van der Waals surface area contributed by atoms with Crippen LogP contribution in [0.3, 0.4) is 0 Å². The van der Waals surface area contributed by atoms with Crippen molar-refractivity contribution in [3.05, 3.63) is 47.0 Å². The highest BCUT2D eigenvalue weighted by atomic mass is 35.5. The monoisotopic (exact) mass is 525 g/mol. The number of allylic oxidation sites excluding steroid dienone is 2. The van der Waals surface area contributed by atoms with Gasteiger partial charge in [0.1, 0.15) is 18.3 Å². The second-order valence-electron chi connectivity index (χ2n) is 8.37. The molecule has 3 N–H and O–H groups in total. The molecule has 3 atom stereocenters. The Morgan fingerprint density at radius 3 is 2.78 bits per heavy atom. The quantitative estimate of drug-likeness (QED) is 0.354. The molecular formula is C24H27ClF3N5O3. The van der Waals surface area contributed by atoms with Gasteiger partial charge in [0.25, 0.3) is 0 Å². The fraction of sp³-hybridized carbons (Fsp3) is 0.417. The Labute approximate surface area is 211 Å². The second-order valence-corrected chi connectivity index (χ2v) is 8.77. The van der Waals surface area contributed by atoms with Gasteiger partial charge in [-0.25, -0.2) is 0 Å². The number of para-hydroxylation sites is 1. The van der Waals surface area contributed by atoms with Gasteiger partial charge in [-0.15, -0.1) is 13.2 Å². The highest BCUT2D eigenvalue weighted by Crippen LogP contribution is 2.39. The SMILES string of the molecule is CC1C(Cl)=C(c2ccccc2OC(F)(F)F)C=CC1NC(=O)[C@H]1CCCCN1C(=O)CN/N=C\C=N. The number of amides is 2. The van der Waals surface area contributed by atoms with E-state index < -0.39 is 24.4 Å². The average Bonchev–Trinajstić information content (AvgIpc) is 2.84. The summed E-state index contributed by atoms with van der Waals surface area (Å²) >= 11 is 6.58. The van der Waals surface area contributed by atoms with E-state index in [9.17, 15) is 22.8 Å². The first-order valence-electron chi connectivity index (χ1n) is 11.4. The van der Waals surface area contributed by atoms with Crippen LogP contribution >= 0.6 is 11.6 Å². The molecule has 0 bridgehead atoms. The van der Waals surface area contributed by atoms with Gasteiger partial charge in [0.15, 0.2) is 0 Å². The predicted octanol–water partition coefficient (Wildman–Crippen LogP) is 3.83. The third-order valence-electron chi connectivity index (χ3n) is 5.97. The van der Waals surface area contributed by atoms with E-state index in [0.717, 1.165) is 19.1 Å². The number of likely N-dealkylation sites (tertiary alicyclic amines) is 1. The van der Waals surface area contributed by atoms with E-state index in [1.165, 1.54) is 29.3 Å². The number of ether oxygens (including phenoxy) is 1. The molecule has 2 aliphatic rings. The zero-order chi connectivity index (χ0) is 26.3. The van der Waals surface area contributed by atoms with E-state index >= 15 is 0 Å². The number of nitrogens with zero attached hydrogens (tertiary/aromatic N) is 2. The molecule has 3 rings (SSSR count). The molecule has 36 heavy (non-hydrogen) atoms. The molecule has 0 aromatic heterocycles. The second kappa shape index (κ2) is 12.1. The van der Waals surface area contributed by atoms with E-state index in [1.54, 1.807) is 25.1 Å². The summed E-state index contributed by atoms with van der Waals surface area (Å²) < 4.78 is 42.7. The van der Waals surface area contributed by atoms with Crippen molar-refractivity contribution in [2.45, 2.75) is 44.6 Å². The van der Waals surface area contributed by atoms with Gasteiger partial charge in [-0.05, 0) is 25.3 Å². The molecule has 8 nitrogen and oxygen atoms in total. The van der Waals surface area contributed by atoms with Crippen molar-refractivity contribution in [2.24, 2.45) is 11.0 Å². The zero-order valence-corrected chi connectivity index (χ0v) is 20.3. The number of carbonyl (C=O) groups is 2. The standard InChI is InChI=1S/C24H27ClF3N5O3/c1-15-18(10-9-17(22(15)25)16-6-2-3-8-20(16)36-24(26,27)28)32-23(35)19-7-4-5-13-33(19)21(34)14-31-30-12-11-29/h2-3,6,8-12,15,18-19,29,31H,4-5,7,13-14H2,1H3,(H,32,35)/b29-11?,30-12-/t15?,18?,19-/m1/s1. The summed E-state index contributed by atoms with van der Waals surface area (Å²) in [4.78, 5) is 27.3.